The number of nitrogens with zero attached hydrogens (tertiary/aromatic N) is 2. The average molecular weight is 595 g/mol. The van der Waals surface area contributed by atoms with Crippen molar-refractivity contribution in [1.82, 2.24) is 14.9 Å². The van der Waals surface area contributed by atoms with Crippen LogP contribution in [-0.2, 0) is 32.0 Å². The lowest BCUT2D eigenvalue weighted by Gasteiger charge is -2.45. The fourth-order valence-corrected chi connectivity index (χ4v) is 7.18. The zero-order valence-electron chi connectivity index (χ0n) is 22.4. The summed E-state index contributed by atoms with van der Waals surface area (Å²) in [5.74, 6) is -0.657. The number of allylic oxidation sites excluding steroid dienone is 2. The van der Waals surface area contributed by atoms with Gasteiger partial charge < -0.3 is 34.4 Å². The lowest BCUT2D eigenvalue weighted by molar-refractivity contribution is -0.854. The predicted molar refractivity (Wildman–Crippen MR) is 142 cm³/mol. The van der Waals surface area contributed by atoms with Gasteiger partial charge in [0.2, 0.25) is 15.0 Å². The molecule has 2 aliphatic heterocycles. The number of halogens is 2. The van der Waals surface area contributed by atoms with Crippen LogP contribution in [0.15, 0.2) is 60.2 Å². The zero-order valence-corrected chi connectivity index (χ0v) is 23.2. The highest BCUT2D eigenvalue weighted by Gasteiger charge is 2.54. The number of esters is 1. The van der Waals surface area contributed by atoms with Crippen molar-refractivity contribution in [2.24, 2.45) is 13.0 Å². The van der Waals surface area contributed by atoms with Crippen LogP contribution in [0.4, 0.5) is 8.78 Å². The molecular formula is C27H32F2N4O7S. The van der Waals surface area contributed by atoms with Gasteiger partial charge in [-0.3, -0.25) is 4.79 Å². The number of nitrogens with one attached hydrogen (secondary N) is 2. The van der Waals surface area contributed by atoms with E-state index in [9.17, 15) is 27.2 Å². The van der Waals surface area contributed by atoms with E-state index in [2.05, 4.69) is 15.0 Å². The van der Waals surface area contributed by atoms with E-state index in [1.165, 1.54) is 66.6 Å². The van der Waals surface area contributed by atoms with E-state index >= 15 is 0 Å². The minimum absolute atomic E-state index is 0.0508. The Labute approximate surface area is 236 Å². The number of hydroxylamine groups is 2. The van der Waals surface area contributed by atoms with Crippen molar-refractivity contribution in [3.63, 3.8) is 0 Å². The third kappa shape index (κ3) is 6.01. The smallest absolute Gasteiger partial charge is 0.387 e. The predicted octanol–water partition coefficient (Wildman–Crippen LogP) is 1.61. The normalized spacial score (nSPS) is 24.9. The van der Waals surface area contributed by atoms with Crippen LogP contribution in [-0.4, -0.2) is 61.6 Å². The number of alkyl halides is 2. The van der Waals surface area contributed by atoms with Gasteiger partial charge in [-0.25, -0.2) is 13.4 Å². The number of aryl methyl sites for hydroxylation is 1. The van der Waals surface area contributed by atoms with E-state index in [-0.39, 0.29) is 34.7 Å². The molecule has 14 heteroatoms. The molecule has 2 aromatic rings. The van der Waals surface area contributed by atoms with Crippen LogP contribution in [0.25, 0.3) is 0 Å². The fraction of sp³-hybridized carbons (Fsp3) is 0.481. The first-order valence-corrected chi connectivity index (χ1v) is 14.9. The van der Waals surface area contributed by atoms with E-state index in [0.29, 0.717) is 13.0 Å². The number of benzene rings is 1. The topological polar surface area (TPSA) is 136 Å². The van der Waals surface area contributed by atoms with Crippen molar-refractivity contribution in [2.75, 3.05) is 19.8 Å². The van der Waals surface area contributed by atoms with Gasteiger partial charge in [0.1, 0.15) is 12.6 Å². The Bertz CT molecular complexity index is 1420. The van der Waals surface area contributed by atoms with E-state index in [4.69, 9.17) is 9.47 Å². The summed E-state index contributed by atoms with van der Waals surface area (Å²) in [4.78, 5) is 16.9. The van der Waals surface area contributed by atoms with E-state index < -0.39 is 50.9 Å². The summed E-state index contributed by atoms with van der Waals surface area (Å²) in [5, 5.41) is 14.3. The van der Waals surface area contributed by atoms with Gasteiger partial charge >= 0.3 is 12.6 Å². The van der Waals surface area contributed by atoms with Crippen molar-refractivity contribution in [3.05, 3.63) is 65.8 Å². The van der Waals surface area contributed by atoms with Crippen LogP contribution < -0.4 is 19.9 Å². The monoisotopic (exact) mass is 594 g/mol. The van der Waals surface area contributed by atoms with Crippen molar-refractivity contribution in [3.8, 4) is 11.5 Å². The summed E-state index contributed by atoms with van der Waals surface area (Å²) >= 11 is 0. The second-order valence-corrected chi connectivity index (χ2v) is 12.4. The highest BCUT2D eigenvalue weighted by atomic mass is 32.2. The molecule has 2 unspecified atom stereocenters. The number of hydrogen-bond donors (Lipinski definition) is 2. The molecule has 3 aliphatic rings. The molecule has 0 bridgehead atoms. The minimum Gasteiger partial charge on any atom is -0.628 e. The summed E-state index contributed by atoms with van der Waals surface area (Å²) in [5.41, 5.74) is -1.77. The van der Waals surface area contributed by atoms with E-state index in [1.54, 1.807) is 0 Å². The maximum absolute atomic E-state index is 14.2. The van der Waals surface area contributed by atoms with Crippen molar-refractivity contribution in [2.45, 2.75) is 54.3 Å². The lowest BCUT2D eigenvalue weighted by Crippen LogP contribution is -3.12. The number of aromatic nitrogens is 2. The van der Waals surface area contributed by atoms with Crippen LogP contribution in [0, 0.1) is 11.1 Å². The molecule has 2 fully saturated rings. The van der Waals surface area contributed by atoms with Crippen molar-refractivity contribution >= 4 is 15.8 Å². The van der Waals surface area contributed by atoms with Crippen LogP contribution in [0.3, 0.4) is 0 Å². The highest BCUT2D eigenvalue weighted by Crippen LogP contribution is 2.39. The Balaban J connectivity index is 1.61. The molecule has 41 heavy (non-hydrogen) atoms. The summed E-state index contributed by atoms with van der Waals surface area (Å²) < 4.78 is 72.2. The SMILES string of the molecule is Cn1ccnc1S(=O)(=O)[C@H](COC(=O)C1CCCN1)[C@@]1(c2ccc(OC(F)F)c(OCC3CC3)c2)C=CC=C[NH+]1[O-]. The Kier molecular flexibility index (Phi) is 8.45. The quantitative estimate of drug-likeness (QED) is 0.278. The molecule has 1 aromatic heterocycles. The number of carbonyl (C=O) groups is 1. The number of sulfone groups is 1. The van der Waals surface area contributed by atoms with Crippen LogP contribution >= 0.6 is 0 Å². The van der Waals surface area contributed by atoms with Crippen LogP contribution in [0.2, 0.25) is 0 Å². The minimum atomic E-state index is -4.45. The molecule has 3 heterocycles. The number of quaternary nitrogens is 1. The van der Waals surface area contributed by atoms with Gasteiger partial charge in [-0.1, -0.05) is 6.08 Å². The molecule has 0 radical (unpaired) electrons. The third-order valence-corrected chi connectivity index (χ3v) is 9.73. The number of ether oxygens (including phenoxy) is 3. The molecule has 222 valence electrons. The van der Waals surface area contributed by atoms with Gasteiger partial charge in [-0.15, -0.1) is 0 Å². The van der Waals surface area contributed by atoms with Gasteiger partial charge in [0.15, 0.2) is 22.3 Å². The van der Waals surface area contributed by atoms with E-state index in [1.807, 2.05) is 0 Å². The fourth-order valence-electron chi connectivity index (χ4n) is 5.19. The molecule has 1 saturated carbocycles. The molecule has 0 amide bonds. The summed E-state index contributed by atoms with van der Waals surface area (Å²) in [6.07, 6.45) is 11.6. The van der Waals surface area contributed by atoms with Gasteiger partial charge in [0, 0.05) is 25.0 Å². The molecule has 0 spiro atoms. The molecule has 1 saturated heterocycles. The lowest BCUT2D eigenvalue weighted by atomic mass is 9.84. The van der Waals surface area contributed by atoms with Crippen LogP contribution in [0.1, 0.15) is 31.2 Å². The van der Waals surface area contributed by atoms with Gasteiger partial charge in [-0.05, 0) is 68.5 Å². The Morgan fingerprint density at radius 1 is 1.27 bits per heavy atom. The van der Waals surface area contributed by atoms with Gasteiger partial charge in [0.25, 0.3) is 0 Å². The molecule has 5 rings (SSSR count). The molecule has 2 N–H and O–H groups in total. The molecular weight excluding hydrogens is 562 g/mol. The Morgan fingerprint density at radius 3 is 2.71 bits per heavy atom. The standard InChI is InChI=1S/C27H32F2N4O7S/c1-32-14-12-31-26(32)41(36,37)23(17-39-24(34)20-5-4-11-30-20)27(10-2-3-13-33(27)35)19-8-9-21(40-25(28)29)22(15-19)38-16-18-6-7-18/h2-3,8-10,12-15,18,20,23,25,30,33H,4-7,11,16-17H2,1H3/t20?,23-,27+/m1/s1. The van der Waals surface area contributed by atoms with Gasteiger partial charge in [-0.2, -0.15) is 8.78 Å². The Morgan fingerprint density at radius 2 is 2.07 bits per heavy atom. The third-order valence-electron chi connectivity index (χ3n) is 7.57. The number of imidazole rings is 1. The van der Waals surface area contributed by atoms with Crippen molar-refractivity contribution in [1.29, 1.82) is 0 Å². The van der Waals surface area contributed by atoms with E-state index in [0.717, 1.165) is 19.3 Å². The molecule has 11 nitrogen and oxygen atoms in total. The largest absolute Gasteiger partial charge is 0.628 e. The maximum atomic E-state index is 14.2. The first kappa shape index (κ1) is 29.2. The first-order valence-electron chi connectivity index (χ1n) is 13.4. The molecule has 1 aliphatic carbocycles. The average Bonchev–Trinajstić information content (AvgIpc) is 3.38. The number of carbonyl (C=O) groups excluding carboxylic acids is 1. The molecule has 4 atom stereocenters. The summed E-state index contributed by atoms with van der Waals surface area (Å²) in [7, 11) is -2.95. The second kappa shape index (κ2) is 11.9. The molecule has 1 aromatic carbocycles. The van der Waals surface area contributed by atoms with Gasteiger partial charge in [0.05, 0.1) is 12.8 Å². The maximum Gasteiger partial charge on any atom is 0.387 e. The highest BCUT2D eigenvalue weighted by molar-refractivity contribution is 7.92. The first-order chi connectivity index (χ1) is 19.6. The number of hydrogen-bond acceptors (Lipinski definition) is 9. The summed E-state index contributed by atoms with van der Waals surface area (Å²) in [6.45, 7) is -2.91. The second-order valence-electron chi connectivity index (χ2n) is 10.4. The Hall–Kier alpha value is -3.33. The zero-order chi connectivity index (χ0) is 29.2. The van der Waals surface area contributed by atoms with Crippen molar-refractivity contribution < 1.29 is 41.3 Å². The number of rotatable bonds is 12. The summed E-state index contributed by atoms with van der Waals surface area (Å²) in [6, 6.07) is 3.34. The van der Waals surface area contributed by atoms with Crippen LogP contribution in [0.5, 0.6) is 11.5 Å².